The Morgan fingerprint density at radius 3 is 2.79 bits per heavy atom. The van der Waals surface area contributed by atoms with E-state index in [1.807, 2.05) is 0 Å². The van der Waals surface area contributed by atoms with Crippen molar-refractivity contribution in [3.8, 4) is 0 Å². The lowest BCUT2D eigenvalue weighted by Gasteiger charge is -2.03. The number of aromatic amines is 1. The molecular formula is C10H15N3O. The molecule has 14 heavy (non-hydrogen) atoms. The summed E-state index contributed by atoms with van der Waals surface area (Å²) in [6, 6.07) is 0. The summed E-state index contributed by atoms with van der Waals surface area (Å²) in [5.74, 6) is 1.21. The zero-order valence-electron chi connectivity index (χ0n) is 8.50. The van der Waals surface area contributed by atoms with E-state index >= 15 is 0 Å². The van der Waals surface area contributed by atoms with Crippen molar-refractivity contribution in [3.05, 3.63) is 27.9 Å². The Bertz CT molecular complexity index is 408. The highest BCUT2D eigenvalue weighted by Gasteiger charge is 2.48. The van der Waals surface area contributed by atoms with Crippen LogP contribution in [0.25, 0.3) is 0 Å². The zero-order chi connectivity index (χ0) is 10.3. The van der Waals surface area contributed by atoms with Crippen molar-refractivity contribution < 1.29 is 0 Å². The molecule has 0 aliphatic heterocycles. The van der Waals surface area contributed by atoms with Crippen LogP contribution in [-0.4, -0.2) is 9.97 Å². The van der Waals surface area contributed by atoms with Crippen LogP contribution >= 0.6 is 0 Å². The van der Waals surface area contributed by atoms with E-state index in [1.54, 1.807) is 6.20 Å². The molecule has 3 N–H and O–H groups in total. The molecule has 1 fully saturated rings. The molecule has 0 amide bonds. The summed E-state index contributed by atoms with van der Waals surface area (Å²) >= 11 is 0. The molecule has 0 bridgehead atoms. The minimum absolute atomic E-state index is 0.0970. The first-order valence-corrected chi connectivity index (χ1v) is 4.83. The maximum Gasteiger partial charge on any atom is 0.255 e. The third kappa shape index (κ3) is 1.46. The van der Waals surface area contributed by atoms with Gasteiger partial charge >= 0.3 is 0 Å². The molecule has 1 aliphatic rings. The molecule has 1 unspecified atom stereocenters. The average molecular weight is 193 g/mol. The van der Waals surface area contributed by atoms with E-state index in [2.05, 4.69) is 23.8 Å². The van der Waals surface area contributed by atoms with Gasteiger partial charge in [-0.2, -0.15) is 0 Å². The highest BCUT2D eigenvalue weighted by molar-refractivity contribution is 5.17. The van der Waals surface area contributed by atoms with Gasteiger partial charge in [-0.15, -0.1) is 0 Å². The molecule has 4 heteroatoms. The summed E-state index contributed by atoms with van der Waals surface area (Å²) in [5, 5.41) is 0. The number of nitrogens with zero attached hydrogens (tertiary/aromatic N) is 1. The number of nitrogens with one attached hydrogen (secondary N) is 1. The number of H-pyrrole nitrogens is 1. The Morgan fingerprint density at radius 1 is 1.71 bits per heavy atom. The molecule has 0 saturated heterocycles. The van der Waals surface area contributed by atoms with Gasteiger partial charge in [-0.05, 0) is 11.8 Å². The van der Waals surface area contributed by atoms with Crippen molar-refractivity contribution in [1.82, 2.24) is 9.97 Å². The van der Waals surface area contributed by atoms with Crippen molar-refractivity contribution in [2.24, 2.45) is 11.1 Å². The maximum absolute atomic E-state index is 11.4. The summed E-state index contributed by atoms with van der Waals surface area (Å²) in [6.45, 7) is 4.60. The molecule has 1 saturated carbocycles. The van der Waals surface area contributed by atoms with E-state index in [4.69, 9.17) is 5.73 Å². The van der Waals surface area contributed by atoms with Crippen LogP contribution in [0.5, 0.6) is 0 Å². The van der Waals surface area contributed by atoms with Crippen LogP contribution in [-0.2, 0) is 6.54 Å². The predicted octanol–water partition coefficient (Wildman–Crippen LogP) is 0.742. The first-order valence-electron chi connectivity index (χ1n) is 4.83. The van der Waals surface area contributed by atoms with Crippen molar-refractivity contribution in [1.29, 1.82) is 0 Å². The number of nitrogens with two attached hydrogens (primary N) is 1. The minimum Gasteiger partial charge on any atom is -0.326 e. The van der Waals surface area contributed by atoms with Crippen molar-refractivity contribution in [2.75, 3.05) is 0 Å². The predicted molar refractivity (Wildman–Crippen MR) is 53.9 cm³/mol. The third-order valence-electron chi connectivity index (χ3n) is 2.96. The molecule has 1 aromatic heterocycles. The van der Waals surface area contributed by atoms with E-state index in [0.717, 1.165) is 12.2 Å². The van der Waals surface area contributed by atoms with Gasteiger partial charge in [-0.3, -0.25) is 4.79 Å². The topological polar surface area (TPSA) is 71.8 Å². The van der Waals surface area contributed by atoms with E-state index in [9.17, 15) is 4.79 Å². The second kappa shape index (κ2) is 2.92. The monoisotopic (exact) mass is 193 g/mol. The van der Waals surface area contributed by atoms with Crippen LogP contribution in [0.2, 0.25) is 0 Å². The molecule has 1 aromatic rings. The van der Waals surface area contributed by atoms with Crippen LogP contribution in [0.3, 0.4) is 0 Å². The maximum atomic E-state index is 11.4. The molecular weight excluding hydrogens is 178 g/mol. The number of hydrogen-bond acceptors (Lipinski definition) is 3. The SMILES string of the molecule is CC1(C)CC1c1ncc(CN)c(=O)[nH]1. The Hall–Kier alpha value is -1.16. The second-order valence-corrected chi connectivity index (χ2v) is 4.57. The Morgan fingerprint density at radius 2 is 2.36 bits per heavy atom. The van der Waals surface area contributed by atoms with Gasteiger partial charge < -0.3 is 10.7 Å². The van der Waals surface area contributed by atoms with Crippen LogP contribution in [0, 0.1) is 5.41 Å². The molecule has 1 heterocycles. The standard InChI is InChI=1S/C10H15N3O/c1-10(2)3-7(10)8-12-5-6(4-11)9(14)13-8/h5,7H,3-4,11H2,1-2H3,(H,12,13,14). The number of hydrogen-bond donors (Lipinski definition) is 2. The molecule has 1 atom stereocenters. The van der Waals surface area contributed by atoms with Gasteiger partial charge in [0, 0.05) is 24.2 Å². The fourth-order valence-electron chi connectivity index (χ4n) is 1.69. The van der Waals surface area contributed by atoms with Gasteiger partial charge in [0.25, 0.3) is 5.56 Å². The quantitative estimate of drug-likeness (QED) is 0.727. The van der Waals surface area contributed by atoms with Gasteiger partial charge in [0.05, 0.1) is 0 Å². The van der Waals surface area contributed by atoms with Crippen molar-refractivity contribution in [3.63, 3.8) is 0 Å². The first-order chi connectivity index (χ1) is 6.54. The van der Waals surface area contributed by atoms with Gasteiger partial charge in [-0.1, -0.05) is 13.8 Å². The fourth-order valence-corrected chi connectivity index (χ4v) is 1.69. The molecule has 4 nitrogen and oxygen atoms in total. The summed E-state index contributed by atoms with van der Waals surface area (Å²) < 4.78 is 0. The second-order valence-electron chi connectivity index (χ2n) is 4.57. The van der Waals surface area contributed by atoms with Crippen LogP contribution < -0.4 is 11.3 Å². The summed E-state index contributed by atoms with van der Waals surface area (Å²) in [5.41, 5.74) is 6.13. The average Bonchev–Trinajstić information content (AvgIpc) is 2.75. The molecule has 0 radical (unpaired) electrons. The lowest BCUT2D eigenvalue weighted by Crippen LogP contribution is -2.18. The molecule has 0 spiro atoms. The summed E-state index contributed by atoms with van der Waals surface area (Å²) in [7, 11) is 0. The zero-order valence-corrected chi connectivity index (χ0v) is 8.50. The summed E-state index contributed by atoms with van der Waals surface area (Å²) in [6.07, 6.45) is 2.68. The largest absolute Gasteiger partial charge is 0.326 e. The normalized spacial score (nSPS) is 23.5. The van der Waals surface area contributed by atoms with Gasteiger partial charge in [0.1, 0.15) is 5.82 Å². The minimum atomic E-state index is -0.0970. The fraction of sp³-hybridized carbons (Fsp3) is 0.600. The van der Waals surface area contributed by atoms with E-state index in [1.165, 1.54) is 0 Å². The lowest BCUT2D eigenvalue weighted by atomic mass is 10.1. The Kier molecular flexibility index (Phi) is 1.96. The van der Waals surface area contributed by atoms with Crippen LogP contribution in [0.15, 0.2) is 11.0 Å². The van der Waals surface area contributed by atoms with Gasteiger partial charge in [0.2, 0.25) is 0 Å². The number of rotatable bonds is 2. The van der Waals surface area contributed by atoms with Crippen molar-refractivity contribution >= 4 is 0 Å². The molecule has 2 rings (SSSR count). The van der Waals surface area contributed by atoms with Gasteiger partial charge in [0.15, 0.2) is 0 Å². The van der Waals surface area contributed by atoms with Crippen LogP contribution in [0.4, 0.5) is 0 Å². The van der Waals surface area contributed by atoms with Crippen LogP contribution in [0.1, 0.15) is 37.6 Å². The highest BCUT2D eigenvalue weighted by atomic mass is 16.1. The summed E-state index contributed by atoms with van der Waals surface area (Å²) in [4.78, 5) is 18.5. The lowest BCUT2D eigenvalue weighted by molar-refractivity contribution is 0.606. The first kappa shape index (κ1) is 9.40. The molecule has 76 valence electrons. The van der Waals surface area contributed by atoms with E-state index < -0.39 is 0 Å². The Labute approximate surface area is 82.6 Å². The molecule has 1 aliphatic carbocycles. The van der Waals surface area contributed by atoms with E-state index in [-0.39, 0.29) is 12.1 Å². The van der Waals surface area contributed by atoms with Crippen molar-refractivity contribution in [2.45, 2.75) is 32.7 Å². The Balaban J connectivity index is 2.31. The highest BCUT2D eigenvalue weighted by Crippen LogP contribution is 2.57. The van der Waals surface area contributed by atoms with Gasteiger partial charge in [-0.25, -0.2) is 4.98 Å². The smallest absolute Gasteiger partial charge is 0.255 e. The molecule has 0 aromatic carbocycles. The van der Waals surface area contributed by atoms with E-state index in [0.29, 0.717) is 16.9 Å². The third-order valence-corrected chi connectivity index (χ3v) is 2.96. The number of aromatic nitrogens is 2.